The molecule has 1 atom stereocenters. The van der Waals surface area contributed by atoms with E-state index in [1.54, 1.807) is 12.1 Å². The first-order chi connectivity index (χ1) is 10.1. The van der Waals surface area contributed by atoms with Crippen LogP contribution in [0.25, 0.3) is 0 Å². The number of ether oxygens (including phenoxy) is 1. The van der Waals surface area contributed by atoms with E-state index in [0.717, 1.165) is 31.4 Å². The van der Waals surface area contributed by atoms with Crippen LogP contribution in [0.2, 0.25) is 0 Å². The van der Waals surface area contributed by atoms with Crippen molar-refractivity contribution in [2.75, 3.05) is 13.7 Å². The van der Waals surface area contributed by atoms with Crippen molar-refractivity contribution in [3.8, 4) is 0 Å². The number of carbonyl (C=O) groups is 2. The Hall–Kier alpha value is -1.88. The van der Waals surface area contributed by atoms with Crippen molar-refractivity contribution in [1.82, 2.24) is 10.6 Å². The highest BCUT2D eigenvalue weighted by molar-refractivity contribution is 5.89. The molecule has 1 heterocycles. The quantitative estimate of drug-likeness (QED) is 0.809. The molecule has 0 aromatic heterocycles. The number of rotatable bonds is 5. The third-order valence-electron chi connectivity index (χ3n) is 4.11. The maximum atomic E-state index is 12.3. The zero-order valence-electron chi connectivity index (χ0n) is 12.6. The van der Waals surface area contributed by atoms with Gasteiger partial charge in [0.25, 0.3) is 0 Å². The fourth-order valence-electron chi connectivity index (χ4n) is 2.69. The molecule has 1 aliphatic rings. The van der Waals surface area contributed by atoms with Gasteiger partial charge in [0, 0.05) is 6.54 Å². The van der Waals surface area contributed by atoms with Gasteiger partial charge in [-0.25, -0.2) is 4.79 Å². The van der Waals surface area contributed by atoms with Crippen LogP contribution in [-0.2, 0) is 16.1 Å². The van der Waals surface area contributed by atoms with E-state index in [2.05, 4.69) is 15.4 Å². The minimum Gasteiger partial charge on any atom is -0.465 e. The molecule has 1 aromatic rings. The summed E-state index contributed by atoms with van der Waals surface area (Å²) in [6.07, 6.45) is 2.71. The van der Waals surface area contributed by atoms with Crippen LogP contribution in [0.3, 0.4) is 0 Å². The van der Waals surface area contributed by atoms with E-state index in [1.807, 2.05) is 19.1 Å². The van der Waals surface area contributed by atoms with Crippen molar-refractivity contribution < 1.29 is 14.3 Å². The summed E-state index contributed by atoms with van der Waals surface area (Å²) >= 11 is 0. The van der Waals surface area contributed by atoms with Crippen molar-refractivity contribution in [2.24, 2.45) is 0 Å². The number of benzene rings is 1. The maximum Gasteiger partial charge on any atom is 0.337 e. The van der Waals surface area contributed by atoms with Crippen LogP contribution >= 0.6 is 0 Å². The molecule has 5 nitrogen and oxygen atoms in total. The summed E-state index contributed by atoms with van der Waals surface area (Å²) in [5.41, 5.74) is 1.06. The SMILES string of the molecule is CCC1(C(=O)NCc2ccc(C(=O)OC)cc2)CCCN1. The number of nitrogens with one attached hydrogen (secondary N) is 2. The minimum absolute atomic E-state index is 0.0551. The lowest BCUT2D eigenvalue weighted by Crippen LogP contribution is -2.52. The topological polar surface area (TPSA) is 67.4 Å². The molecule has 114 valence electrons. The van der Waals surface area contributed by atoms with Gasteiger partial charge in [0.2, 0.25) is 5.91 Å². The molecule has 0 spiro atoms. The van der Waals surface area contributed by atoms with Gasteiger partial charge in [0.15, 0.2) is 0 Å². The molecule has 0 bridgehead atoms. The molecule has 1 unspecified atom stereocenters. The van der Waals surface area contributed by atoms with Gasteiger partial charge in [-0.05, 0) is 43.5 Å². The molecule has 0 aliphatic carbocycles. The summed E-state index contributed by atoms with van der Waals surface area (Å²) in [6, 6.07) is 7.06. The van der Waals surface area contributed by atoms with Crippen LogP contribution in [0.1, 0.15) is 42.1 Å². The summed E-state index contributed by atoms with van der Waals surface area (Å²) in [7, 11) is 1.36. The van der Waals surface area contributed by atoms with E-state index in [4.69, 9.17) is 0 Å². The largest absolute Gasteiger partial charge is 0.465 e. The fraction of sp³-hybridized carbons (Fsp3) is 0.500. The van der Waals surface area contributed by atoms with Gasteiger partial charge in [0.05, 0.1) is 18.2 Å². The first-order valence-corrected chi connectivity index (χ1v) is 7.32. The highest BCUT2D eigenvalue weighted by Gasteiger charge is 2.38. The molecule has 0 saturated carbocycles. The first kappa shape index (κ1) is 15.5. The monoisotopic (exact) mass is 290 g/mol. The average molecular weight is 290 g/mol. The Bertz CT molecular complexity index is 505. The Morgan fingerprint density at radius 2 is 2.05 bits per heavy atom. The lowest BCUT2D eigenvalue weighted by molar-refractivity contribution is -0.127. The van der Waals surface area contributed by atoms with Crippen molar-refractivity contribution >= 4 is 11.9 Å². The van der Waals surface area contributed by atoms with E-state index in [0.29, 0.717) is 12.1 Å². The minimum atomic E-state index is -0.411. The highest BCUT2D eigenvalue weighted by Crippen LogP contribution is 2.23. The Balaban J connectivity index is 1.93. The molecule has 1 amide bonds. The van der Waals surface area contributed by atoms with Crippen molar-refractivity contribution in [2.45, 2.75) is 38.3 Å². The molecule has 1 fully saturated rings. The Kier molecular flexibility index (Phi) is 4.96. The number of carbonyl (C=O) groups excluding carboxylic acids is 2. The van der Waals surface area contributed by atoms with Crippen LogP contribution in [0.4, 0.5) is 0 Å². The van der Waals surface area contributed by atoms with Gasteiger partial charge < -0.3 is 15.4 Å². The van der Waals surface area contributed by atoms with Crippen LogP contribution in [0.5, 0.6) is 0 Å². The van der Waals surface area contributed by atoms with E-state index < -0.39 is 5.54 Å². The Morgan fingerprint density at radius 3 is 2.57 bits per heavy atom. The molecule has 2 rings (SSSR count). The molecule has 1 saturated heterocycles. The average Bonchev–Trinajstić information content (AvgIpc) is 3.02. The maximum absolute atomic E-state index is 12.3. The van der Waals surface area contributed by atoms with E-state index in [9.17, 15) is 9.59 Å². The van der Waals surface area contributed by atoms with Gasteiger partial charge in [-0.15, -0.1) is 0 Å². The van der Waals surface area contributed by atoms with Crippen LogP contribution in [0.15, 0.2) is 24.3 Å². The number of esters is 1. The fourth-order valence-corrected chi connectivity index (χ4v) is 2.69. The second-order valence-corrected chi connectivity index (χ2v) is 5.34. The third-order valence-corrected chi connectivity index (χ3v) is 4.11. The zero-order valence-corrected chi connectivity index (χ0v) is 12.6. The lowest BCUT2D eigenvalue weighted by Gasteiger charge is -2.26. The number of amides is 1. The highest BCUT2D eigenvalue weighted by atomic mass is 16.5. The molecule has 1 aliphatic heterocycles. The Labute approximate surface area is 125 Å². The molecular weight excluding hydrogens is 268 g/mol. The number of methoxy groups -OCH3 is 1. The van der Waals surface area contributed by atoms with Crippen LogP contribution < -0.4 is 10.6 Å². The van der Waals surface area contributed by atoms with Crippen LogP contribution in [0, 0.1) is 0 Å². The van der Waals surface area contributed by atoms with Gasteiger partial charge in [-0.3, -0.25) is 4.79 Å². The summed E-state index contributed by atoms with van der Waals surface area (Å²) < 4.78 is 4.65. The molecule has 21 heavy (non-hydrogen) atoms. The molecular formula is C16H22N2O3. The van der Waals surface area contributed by atoms with Crippen molar-refractivity contribution in [3.63, 3.8) is 0 Å². The third kappa shape index (κ3) is 3.42. The van der Waals surface area contributed by atoms with Crippen LogP contribution in [-0.4, -0.2) is 31.1 Å². The molecule has 1 aromatic carbocycles. The zero-order chi connectivity index (χ0) is 15.3. The normalized spacial score (nSPS) is 21.0. The van der Waals surface area contributed by atoms with Gasteiger partial charge >= 0.3 is 5.97 Å². The number of hydrogen-bond donors (Lipinski definition) is 2. The molecule has 2 N–H and O–H groups in total. The predicted octanol–water partition coefficient (Wildman–Crippen LogP) is 1.62. The first-order valence-electron chi connectivity index (χ1n) is 7.32. The van der Waals surface area contributed by atoms with Crippen molar-refractivity contribution in [3.05, 3.63) is 35.4 Å². The standard InChI is InChI=1S/C16H22N2O3/c1-3-16(9-4-10-18-16)15(20)17-11-12-5-7-13(8-6-12)14(19)21-2/h5-8,18H,3-4,9-11H2,1-2H3,(H,17,20). The van der Waals surface area contributed by atoms with Gasteiger partial charge in [0.1, 0.15) is 0 Å². The predicted molar refractivity (Wildman–Crippen MR) is 79.9 cm³/mol. The lowest BCUT2D eigenvalue weighted by atomic mass is 9.93. The summed E-state index contributed by atoms with van der Waals surface area (Å²) in [6.45, 7) is 3.39. The summed E-state index contributed by atoms with van der Waals surface area (Å²) in [4.78, 5) is 23.7. The summed E-state index contributed by atoms with van der Waals surface area (Å²) in [5.74, 6) is -0.301. The smallest absolute Gasteiger partial charge is 0.337 e. The van der Waals surface area contributed by atoms with Crippen molar-refractivity contribution in [1.29, 1.82) is 0 Å². The van der Waals surface area contributed by atoms with Gasteiger partial charge in [-0.1, -0.05) is 19.1 Å². The van der Waals surface area contributed by atoms with Gasteiger partial charge in [-0.2, -0.15) is 0 Å². The molecule has 5 heteroatoms. The van der Waals surface area contributed by atoms with E-state index in [1.165, 1.54) is 7.11 Å². The second-order valence-electron chi connectivity index (χ2n) is 5.34. The second kappa shape index (κ2) is 6.72. The van der Waals surface area contributed by atoms with E-state index in [-0.39, 0.29) is 11.9 Å². The molecule has 0 radical (unpaired) electrons. The number of hydrogen-bond acceptors (Lipinski definition) is 4. The van der Waals surface area contributed by atoms with E-state index >= 15 is 0 Å². The Morgan fingerprint density at radius 1 is 1.33 bits per heavy atom. The summed E-state index contributed by atoms with van der Waals surface area (Å²) in [5, 5.41) is 6.29.